The van der Waals surface area contributed by atoms with Crippen molar-refractivity contribution in [3.8, 4) is 0 Å². The summed E-state index contributed by atoms with van der Waals surface area (Å²) in [6.45, 7) is 7.81. The molecule has 2 amide bonds. The summed E-state index contributed by atoms with van der Waals surface area (Å²) in [6, 6.07) is 25.9. The predicted octanol–water partition coefficient (Wildman–Crippen LogP) is 4.94. The first-order valence-electron chi connectivity index (χ1n) is 13.8. The van der Waals surface area contributed by atoms with Crippen LogP contribution in [-0.2, 0) is 25.7 Å². The normalized spacial score (nSPS) is 12.1. The number of aromatic nitrogens is 1. The highest BCUT2D eigenvalue weighted by atomic mass is 16.5. The number of carbonyl (C=O) groups excluding carboxylic acids is 3. The molecule has 2 N–H and O–H groups in total. The van der Waals surface area contributed by atoms with Crippen molar-refractivity contribution in [2.75, 3.05) is 6.61 Å². The Morgan fingerprint density at radius 2 is 1.46 bits per heavy atom. The third kappa shape index (κ3) is 6.90. The largest absolute Gasteiger partial charge is 0.465 e. The maximum atomic E-state index is 13.6. The van der Waals surface area contributed by atoms with Crippen LogP contribution in [-0.4, -0.2) is 41.2 Å². The molecule has 4 aromatic rings. The van der Waals surface area contributed by atoms with E-state index in [0.29, 0.717) is 6.61 Å². The minimum absolute atomic E-state index is 0.0752. The third-order valence-electron chi connectivity index (χ3n) is 7.02. The summed E-state index contributed by atoms with van der Waals surface area (Å²) >= 11 is 0. The van der Waals surface area contributed by atoms with E-state index in [-0.39, 0.29) is 24.3 Å². The van der Waals surface area contributed by atoms with Gasteiger partial charge in [-0.15, -0.1) is 0 Å². The van der Waals surface area contributed by atoms with Gasteiger partial charge < -0.3 is 14.6 Å². The number of amides is 2. The molecule has 0 bridgehead atoms. The fourth-order valence-electron chi connectivity index (χ4n) is 4.95. The van der Waals surface area contributed by atoms with Gasteiger partial charge in [0.1, 0.15) is 12.6 Å². The second-order valence-electron chi connectivity index (χ2n) is 10.1. The summed E-state index contributed by atoms with van der Waals surface area (Å²) in [5, 5.41) is 8.11. The number of esters is 1. The van der Waals surface area contributed by atoms with E-state index in [1.807, 2.05) is 110 Å². The minimum atomic E-state index is -0.805. The van der Waals surface area contributed by atoms with Crippen LogP contribution in [0.1, 0.15) is 49.1 Å². The van der Waals surface area contributed by atoms with E-state index in [2.05, 4.69) is 15.8 Å². The van der Waals surface area contributed by atoms with Crippen LogP contribution in [0, 0.1) is 12.8 Å². The molecule has 1 aromatic heterocycles. The van der Waals surface area contributed by atoms with E-state index in [1.165, 1.54) is 0 Å². The fraction of sp³-hybridized carbons (Fsp3) is 0.273. The molecule has 212 valence electrons. The van der Waals surface area contributed by atoms with E-state index in [9.17, 15) is 14.4 Å². The number of carbonyl (C=O) groups is 3. The Morgan fingerprint density at radius 3 is 2.05 bits per heavy atom. The molecule has 41 heavy (non-hydrogen) atoms. The molecule has 0 aliphatic rings. The number of fused-ring (bicyclic) bond motifs is 1. The van der Waals surface area contributed by atoms with E-state index >= 15 is 0 Å². The van der Waals surface area contributed by atoms with Crippen LogP contribution in [0.4, 0.5) is 0 Å². The lowest BCUT2D eigenvalue weighted by molar-refractivity contribution is -0.143. The highest BCUT2D eigenvalue weighted by molar-refractivity contribution is 6.02. The summed E-state index contributed by atoms with van der Waals surface area (Å²) < 4.78 is 7.02. The van der Waals surface area contributed by atoms with Crippen molar-refractivity contribution in [3.05, 3.63) is 107 Å². The number of ether oxygens (including phenoxy) is 1. The molecule has 0 radical (unpaired) electrons. The Balaban J connectivity index is 1.53. The quantitative estimate of drug-likeness (QED) is 0.156. The smallest absolute Gasteiger partial charge is 0.325 e. The van der Waals surface area contributed by atoms with E-state index in [0.717, 1.165) is 33.3 Å². The highest BCUT2D eigenvalue weighted by Crippen LogP contribution is 2.26. The number of hydrogen-bond acceptors (Lipinski definition) is 5. The van der Waals surface area contributed by atoms with Gasteiger partial charge in [0.05, 0.1) is 18.7 Å². The minimum Gasteiger partial charge on any atom is -0.465 e. The number of hydrazone groups is 1. The zero-order chi connectivity index (χ0) is 29.4. The number of rotatable bonds is 11. The zero-order valence-electron chi connectivity index (χ0n) is 23.8. The Morgan fingerprint density at radius 1 is 0.878 bits per heavy atom. The standard InChI is InChI=1S/C33H36N4O4/c1-5-41-29(38)21-37-23(4)27(26-18-12-13-19-28(26)37)20-34-36-33(40)31(22(2)3)35-32(39)30(24-14-8-6-9-15-24)25-16-10-7-11-17-25/h6-20,22,30-31H,5,21H2,1-4H3,(H,35,39)(H,36,40)/b34-20-/t31-/m1/s1. The summed E-state index contributed by atoms with van der Waals surface area (Å²) in [7, 11) is 0. The van der Waals surface area contributed by atoms with E-state index in [1.54, 1.807) is 13.1 Å². The number of benzene rings is 3. The zero-order valence-corrected chi connectivity index (χ0v) is 23.8. The second kappa shape index (κ2) is 13.6. The SMILES string of the molecule is CCOC(=O)Cn1c(C)c(/C=N\NC(=O)[C@H](NC(=O)C(c2ccccc2)c2ccccc2)C(C)C)c2ccccc21. The van der Waals surface area contributed by atoms with Gasteiger partial charge in [0.15, 0.2) is 0 Å². The van der Waals surface area contributed by atoms with Gasteiger partial charge in [-0.05, 0) is 37.0 Å². The van der Waals surface area contributed by atoms with Gasteiger partial charge in [0.2, 0.25) is 5.91 Å². The summed E-state index contributed by atoms with van der Waals surface area (Å²) in [5.74, 6) is -1.76. The lowest BCUT2D eigenvalue weighted by Gasteiger charge is -2.24. The first-order valence-corrected chi connectivity index (χ1v) is 13.8. The molecule has 0 aliphatic carbocycles. The molecule has 4 rings (SSSR count). The van der Waals surface area contributed by atoms with Crippen molar-refractivity contribution in [1.29, 1.82) is 0 Å². The maximum absolute atomic E-state index is 13.6. The number of hydrogen-bond donors (Lipinski definition) is 2. The molecule has 0 unspecified atom stereocenters. The van der Waals surface area contributed by atoms with Crippen LogP contribution in [0.3, 0.4) is 0 Å². The molecule has 0 fully saturated rings. The lowest BCUT2D eigenvalue weighted by Crippen LogP contribution is -2.50. The molecule has 1 atom stereocenters. The van der Waals surface area contributed by atoms with Crippen LogP contribution in [0.25, 0.3) is 10.9 Å². The molecule has 0 spiro atoms. The molecular formula is C33H36N4O4. The predicted molar refractivity (Wildman–Crippen MR) is 161 cm³/mol. The van der Waals surface area contributed by atoms with Gasteiger partial charge in [0, 0.05) is 22.2 Å². The summed E-state index contributed by atoms with van der Waals surface area (Å²) in [4.78, 5) is 39.1. The number of para-hydroxylation sites is 1. The molecule has 0 saturated carbocycles. The van der Waals surface area contributed by atoms with Gasteiger partial charge in [0.25, 0.3) is 5.91 Å². The van der Waals surface area contributed by atoms with Crippen molar-refractivity contribution in [3.63, 3.8) is 0 Å². The molecule has 8 nitrogen and oxygen atoms in total. The second-order valence-corrected chi connectivity index (χ2v) is 10.1. The average molecular weight is 553 g/mol. The summed E-state index contributed by atoms with van der Waals surface area (Å²) in [5.41, 5.74) is 6.76. The van der Waals surface area contributed by atoms with Gasteiger partial charge >= 0.3 is 5.97 Å². The molecule has 0 aliphatic heterocycles. The van der Waals surface area contributed by atoms with Gasteiger partial charge in [-0.2, -0.15) is 5.10 Å². The van der Waals surface area contributed by atoms with Crippen molar-refractivity contribution >= 4 is 34.9 Å². The first kappa shape index (κ1) is 29.3. The number of nitrogens with one attached hydrogen (secondary N) is 2. The number of nitrogens with zero attached hydrogens (tertiary/aromatic N) is 2. The molecular weight excluding hydrogens is 516 g/mol. The topological polar surface area (TPSA) is 102 Å². The Labute approximate surface area is 240 Å². The third-order valence-corrected chi connectivity index (χ3v) is 7.02. The van der Waals surface area contributed by atoms with Crippen molar-refractivity contribution in [2.24, 2.45) is 11.0 Å². The van der Waals surface area contributed by atoms with Crippen LogP contribution in [0.2, 0.25) is 0 Å². The van der Waals surface area contributed by atoms with Gasteiger partial charge in [-0.1, -0.05) is 92.7 Å². The molecule has 0 saturated heterocycles. The maximum Gasteiger partial charge on any atom is 0.325 e. The van der Waals surface area contributed by atoms with Crippen LogP contribution >= 0.6 is 0 Å². The fourth-order valence-corrected chi connectivity index (χ4v) is 4.95. The lowest BCUT2D eigenvalue weighted by atomic mass is 9.89. The molecule has 1 heterocycles. The van der Waals surface area contributed by atoms with Gasteiger partial charge in [-0.25, -0.2) is 5.43 Å². The average Bonchev–Trinajstić information content (AvgIpc) is 3.23. The monoisotopic (exact) mass is 552 g/mol. The van der Waals surface area contributed by atoms with E-state index < -0.39 is 17.9 Å². The Bertz CT molecular complexity index is 1490. The van der Waals surface area contributed by atoms with E-state index in [4.69, 9.17) is 4.74 Å². The molecule has 3 aromatic carbocycles. The summed E-state index contributed by atoms with van der Waals surface area (Å²) in [6.07, 6.45) is 1.58. The van der Waals surface area contributed by atoms with Crippen molar-refractivity contribution in [1.82, 2.24) is 15.3 Å². The first-order chi connectivity index (χ1) is 19.8. The van der Waals surface area contributed by atoms with Crippen molar-refractivity contribution < 1.29 is 19.1 Å². The van der Waals surface area contributed by atoms with Crippen LogP contribution in [0.5, 0.6) is 0 Å². The van der Waals surface area contributed by atoms with Crippen LogP contribution < -0.4 is 10.7 Å². The van der Waals surface area contributed by atoms with Crippen LogP contribution in [0.15, 0.2) is 90.0 Å². The van der Waals surface area contributed by atoms with Crippen molar-refractivity contribution in [2.45, 2.75) is 46.2 Å². The van der Waals surface area contributed by atoms with Gasteiger partial charge in [-0.3, -0.25) is 14.4 Å². The Kier molecular flexibility index (Phi) is 9.68. The molecule has 8 heteroatoms. The highest BCUT2D eigenvalue weighted by Gasteiger charge is 2.29. The Hall–Kier alpha value is -4.72.